The summed E-state index contributed by atoms with van der Waals surface area (Å²) in [5, 5.41) is 42.3. The summed E-state index contributed by atoms with van der Waals surface area (Å²) in [6.07, 6.45) is 1.91. The van der Waals surface area contributed by atoms with Gasteiger partial charge in [0.2, 0.25) is 0 Å². The molecule has 0 atom stereocenters. The van der Waals surface area contributed by atoms with E-state index in [0.29, 0.717) is 70.5 Å². The Hall–Kier alpha value is -3.68. The van der Waals surface area contributed by atoms with E-state index in [9.17, 15) is 20.4 Å². The van der Waals surface area contributed by atoms with Crippen LogP contribution < -0.4 is 0 Å². The number of aromatic hydroxyl groups is 4. The van der Waals surface area contributed by atoms with Crippen LogP contribution in [-0.4, -0.2) is 40.4 Å². The van der Waals surface area contributed by atoms with Crippen molar-refractivity contribution in [2.75, 3.05) is 0 Å². The summed E-state index contributed by atoms with van der Waals surface area (Å²) in [6, 6.07) is 6.63. The maximum atomic E-state index is 10.6. The highest BCUT2D eigenvalue weighted by atomic mass is 16.3. The van der Waals surface area contributed by atoms with Crippen LogP contribution in [-0.2, 0) is 25.7 Å². The van der Waals surface area contributed by atoms with E-state index in [1.165, 1.54) is 0 Å². The molecule has 8 nitrogen and oxygen atoms in total. The Morgan fingerprint density at radius 2 is 0.750 bits per heavy atom. The third-order valence-corrected chi connectivity index (χ3v) is 5.22. The van der Waals surface area contributed by atoms with Crippen molar-refractivity contribution in [2.45, 2.75) is 25.7 Å². The van der Waals surface area contributed by atoms with E-state index in [4.69, 9.17) is 0 Å². The summed E-state index contributed by atoms with van der Waals surface area (Å²) >= 11 is 0. The van der Waals surface area contributed by atoms with Gasteiger partial charge in [-0.1, -0.05) is 0 Å². The van der Waals surface area contributed by atoms with Gasteiger partial charge in [-0.2, -0.15) is 0 Å². The number of hydrogen-bond donors (Lipinski definition) is 6. The molecule has 0 radical (unpaired) electrons. The van der Waals surface area contributed by atoms with Crippen LogP contribution in [0.1, 0.15) is 22.8 Å². The van der Waals surface area contributed by atoms with E-state index in [1.54, 1.807) is 24.3 Å². The fourth-order valence-corrected chi connectivity index (χ4v) is 3.67. The second-order valence-electron chi connectivity index (χ2n) is 6.98. The first kappa shape index (κ1) is 16.5. The van der Waals surface area contributed by atoms with E-state index in [-0.39, 0.29) is 23.0 Å². The van der Waals surface area contributed by atoms with E-state index >= 15 is 0 Å². The minimum absolute atomic E-state index is 0.0206. The first-order valence-electron chi connectivity index (χ1n) is 9.02. The Kier molecular flexibility index (Phi) is 3.48. The van der Waals surface area contributed by atoms with Crippen LogP contribution in [0.25, 0.3) is 22.1 Å². The van der Waals surface area contributed by atoms with Crippen LogP contribution in [0.4, 0.5) is 0 Å². The quantitative estimate of drug-likeness (QED) is 0.356. The average molecular weight is 378 g/mol. The van der Waals surface area contributed by atoms with Gasteiger partial charge >= 0.3 is 0 Å². The van der Waals surface area contributed by atoms with Crippen molar-refractivity contribution in [3.63, 3.8) is 0 Å². The van der Waals surface area contributed by atoms with Crippen molar-refractivity contribution in [3.8, 4) is 23.0 Å². The predicted octanol–water partition coefficient (Wildman–Crippen LogP) is 2.71. The molecule has 6 N–H and O–H groups in total. The fraction of sp³-hybridized carbons (Fsp3) is 0.200. The van der Waals surface area contributed by atoms with Crippen LogP contribution in [0, 0.1) is 0 Å². The molecule has 3 aromatic heterocycles. The van der Waals surface area contributed by atoms with Crippen molar-refractivity contribution < 1.29 is 20.4 Å². The molecule has 8 heteroatoms. The maximum absolute atomic E-state index is 10.6. The van der Waals surface area contributed by atoms with E-state index in [1.807, 2.05) is 0 Å². The molecular weight excluding hydrogens is 360 g/mol. The molecule has 0 saturated carbocycles. The minimum Gasteiger partial charge on any atom is -0.504 e. The van der Waals surface area contributed by atoms with Gasteiger partial charge in [-0.25, -0.2) is 9.97 Å². The van der Waals surface area contributed by atoms with Crippen LogP contribution in [0.3, 0.4) is 0 Å². The largest absolute Gasteiger partial charge is 0.504 e. The van der Waals surface area contributed by atoms with Gasteiger partial charge < -0.3 is 30.4 Å². The highest BCUT2D eigenvalue weighted by molar-refractivity contribution is 5.74. The Labute approximate surface area is 158 Å². The molecule has 142 valence electrons. The summed E-state index contributed by atoms with van der Waals surface area (Å²) in [5.41, 5.74) is 3.52. The lowest BCUT2D eigenvalue weighted by molar-refractivity contribution is 0.470. The Balaban J connectivity index is 1.94. The lowest BCUT2D eigenvalue weighted by Crippen LogP contribution is -1.82. The summed E-state index contributed by atoms with van der Waals surface area (Å²) < 4.78 is 0. The molecule has 0 aliphatic carbocycles. The van der Waals surface area contributed by atoms with E-state index in [2.05, 4.69) is 19.9 Å². The van der Waals surface area contributed by atoms with Crippen LogP contribution >= 0.6 is 0 Å². The number of nitrogens with one attached hydrogen (secondary N) is 2. The van der Waals surface area contributed by atoms with Gasteiger partial charge in [0.25, 0.3) is 0 Å². The molecule has 0 aromatic carbocycles. The number of hydrogen-bond acceptors (Lipinski definition) is 6. The molecule has 3 aromatic rings. The van der Waals surface area contributed by atoms with Gasteiger partial charge in [-0.05, 0) is 49.9 Å². The SMILES string of the molecule is Oc1c2nc(c(O)c3ccc([nH]3)c(O)c3nc(c(O)c4ccc1[nH]4)CC3)CC2. The fourth-order valence-electron chi connectivity index (χ4n) is 3.67. The lowest BCUT2D eigenvalue weighted by atomic mass is 10.2. The first-order chi connectivity index (χ1) is 13.5. The number of nitrogens with zero attached hydrogens (tertiary/aromatic N) is 2. The van der Waals surface area contributed by atoms with Crippen LogP contribution in [0.5, 0.6) is 23.0 Å². The van der Waals surface area contributed by atoms with Crippen molar-refractivity contribution in [2.24, 2.45) is 0 Å². The summed E-state index contributed by atoms with van der Waals surface area (Å²) in [7, 11) is 0. The highest BCUT2D eigenvalue weighted by Crippen LogP contribution is 2.33. The van der Waals surface area contributed by atoms with Crippen molar-refractivity contribution in [3.05, 3.63) is 47.0 Å². The first-order valence-corrected chi connectivity index (χ1v) is 9.02. The number of aromatic amines is 2. The second-order valence-corrected chi connectivity index (χ2v) is 6.98. The van der Waals surface area contributed by atoms with Crippen molar-refractivity contribution >= 4 is 22.1 Å². The van der Waals surface area contributed by atoms with E-state index in [0.717, 1.165) is 0 Å². The summed E-state index contributed by atoms with van der Waals surface area (Å²) in [5.74, 6) is -0.0826. The monoisotopic (exact) mass is 378 g/mol. The molecule has 8 bridgehead atoms. The second kappa shape index (κ2) is 5.91. The summed E-state index contributed by atoms with van der Waals surface area (Å²) in [4.78, 5) is 14.7. The highest BCUT2D eigenvalue weighted by Gasteiger charge is 2.18. The number of fused-ring (bicyclic) bond motifs is 8. The maximum Gasteiger partial charge on any atom is 0.160 e. The molecule has 0 fully saturated rings. The number of aromatic nitrogens is 4. The Morgan fingerprint density at radius 1 is 0.500 bits per heavy atom. The molecule has 0 amide bonds. The van der Waals surface area contributed by atoms with Gasteiger partial charge in [0.1, 0.15) is 0 Å². The average Bonchev–Trinajstić information content (AvgIpc) is 3.49. The van der Waals surface area contributed by atoms with Crippen molar-refractivity contribution in [1.29, 1.82) is 0 Å². The molecule has 2 aliphatic heterocycles. The molecule has 0 unspecified atom stereocenters. The third kappa shape index (κ3) is 2.45. The van der Waals surface area contributed by atoms with Gasteiger partial charge in [0.15, 0.2) is 23.0 Å². The van der Waals surface area contributed by atoms with Crippen LogP contribution in [0.2, 0.25) is 0 Å². The normalized spacial score (nSPS) is 13.7. The molecule has 5 rings (SSSR count). The van der Waals surface area contributed by atoms with E-state index < -0.39 is 0 Å². The van der Waals surface area contributed by atoms with Crippen LogP contribution in [0.15, 0.2) is 24.3 Å². The third-order valence-electron chi connectivity index (χ3n) is 5.22. The minimum atomic E-state index is -0.0206. The molecular formula is C20H18N4O4. The zero-order valence-electron chi connectivity index (χ0n) is 14.8. The van der Waals surface area contributed by atoms with Gasteiger partial charge in [0, 0.05) is 0 Å². The zero-order valence-corrected chi connectivity index (χ0v) is 14.8. The number of H-pyrrole nitrogens is 2. The Morgan fingerprint density at radius 3 is 1.00 bits per heavy atom. The number of rotatable bonds is 0. The smallest absolute Gasteiger partial charge is 0.160 e. The topological polar surface area (TPSA) is 138 Å². The molecule has 5 heterocycles. The van der Waals surface area contributed by atoms with Gasteiger partial charge in [-0.3, -0.25) is 0 Å². The molecule has 0 saturated heterocycles. The summed E-state index contributed by atoms with van der Waals surface area (Å²) in [6.45, 7) is 0. The Bertz CT molecular complexity index is 1080. The molecule has 2 aliphatic rings. The van der Waals surface area contributed by atoms with Gasteiger partial charge in [-0.15, -0.1) is 0 Å². The van der Waals surface area contributed by atoms with Gasteiger partial charge in [0.05, 0.1) is 44.8 Å². The zero-order chi connectivity index (χ0) is 19.4. The predicted molar refractivity (Wildman–Crippen MR) is 102 cm³/mol. The molecule has 0 spiro atoms. The number of aryl methyl sites for hydroxylation is 4. The standard InChI is InChI=1S/C20H18N4O4/c25-17-9-1-2-10(21-9)18(26)12-5-6-14(23-12)20(28)16-8-7-15(24-16)19(27)13-4-3-11(17)22-13/h1-2,7-8,21,24-28H,3-6H2. The lowest BCUT2D eigenvalue weighted by Gasteiger charge is -1.95. The molecule has 28 heavy (non-hydrogen) atoms. The van der Waals surface area contributed by atoms with Crippen molar-refractivity contribution in [1.82, 2.24) is 19.9 Å².